The molecule has 0 aromatic carbocycles. The molecule has 0 spiro atoms. The normalized spacial score (nSPS) is 6.58. The summed E-state index contributed by atoms with van der Waals surface area (Å²) >= 11 is 4.19. The lowest BCUT2D eigenvalue weighted by atomic mass is 10.7. The fourth-order valence-corrected chi connectivity index (χ4v) is 0.140. The minimum Gasteiger partial charge on any atom is -0.469 e. The van der Waals surface area contributed by atoms with E-state index in [1.165, 1.54) is 6.92 Å². The molecular weight excluding hydrogens is 188 g/mol. The van der Waals surface area contributed by atoms with Crippen LogP contribution in [0.5, 0.6) is 0 Å². The number of hydrogen-bond acceptors (Lipinski definition) is 4. The summed E-state index contributed by atoms with van der Waals surface area (Å²) < 4.78 is 4.09. The third kappa shape index (κ3) is 23.3. The maximum absolute atomic E-state index is 10.00. The zero-order valence-electron chi connectivity index (χ0n) is 6.20. The van der Waals surface area contributed by atoms with Gasteiger partial charge in [0.15, 0.2) is 0 Å². The summed E-state index contributed by atoms with van der Waals surface area (Å²) in [5, 5.41) is 15.2. The second-order valence-corrected chi connectivity index (χ2v) is 1.56. The molecule has 0 amide bonds. The third-order valence-corrected chi connectivity index (χ3v) is 0.396. The van der Waals surface area contributed by atoms with Crippen molar-refractivity contribution in [1.82, 2.24) is 0 Å². The maximum atomic E-state index is 10.00. The number of esters is 1. The van der Waals surface area contributed by atoms with Gasteiger partial charge in [0, 0.05) is 18.5 Å². The maximum Gasteiger partial charge on any atom is 0.401 e. The van der Waals surface area contributed by atoms with Crippen LogP contribution < -0.4 is 0 Å². The highest BCUT2D eigenvalue weighted by Crippen LogP contribution is 1.69. The van der Waals surface area contributed by atoms with Crippen LogP contribution in [0.15, 0.2) is 0 Å². The van der Waals surface area contributed by atoms with E-state index in [9.17, 15) is 4.79 Å². The Labute approximate surface area is 73.9 Å². The number of rotatable bonds is 1. The van der Waals surface area contributed by atoms with E-state index in [-0.39, 0.29) is 0 Å². The van der Waals surface area contributed by atoms with Gasteiger partial charge in [-0.15, -0.1) is 0 Å². The molecule has 12 heavy (non-hydrogen) atoms. The second-order valence-electron chi connectivity index (χ2n) is 1.24. The summed E-state index contributed by atoms with van der Waals surface area (Å²) in [5.41, 5.74) is -1.36. The fraction of sp³-hybridized carbons (Fsp3) is 0.333. The number of aliphatic hydroxyl groups excluding tert-OH is 1. The molecular formula is C6H7ClO5. The molecule has 0 heterocycles. The molecule has 0 atom stereocenters. The standard InChI is InChI=1S/C5H6O3.CHClO2/c1-2-3-8-5(7)4-6;2-1(3)4/h6H,4H2,1H3;(H,3,4). The van der Waals surface area contributed by atoms with Crippen molar-refractivity contribution in [3.63, 3.8) is 0 Å². The summed E-state index contributed by atoms with van der Waals surface area (Å²) in [6, 6.07) is 0. The van der Waals surface area contributed by atoms with Crippen LogP contribution in [0.2, 0.25) is 0 Å². The van der Waals surface area contributed by atoms with Crippen molar-refractivity contribution in [1.29, 1.82) is 0 Å². The monoisotopic (exact) mass is 194 g/mol. The van der Waals surface area contributed by atoms with Crippen molar-refractivity contribution in [2.24, 2.45) is 0 Å². The molecule has 0 radical (unpaired) electrons. The van der Waals surface area contributed by atoms with Crippen LogP contribution in [0.3, 0.4) is 0 Å². The van der Waals surface area contributed by atoms with Gasteiger partial charge < -0.3 is 14.9 Å². The minimum absolute atomic E-state index is 0.616. The molecule has 0 saturated heterocycles. The average molecular weight is 195 g/mol. The lowest BCUT2D eigenvalue weighted by molar-refractivity contribution is -0.139. The van der Waals surface area contributed by atoms with E-state index in [4.69, 9.17) is 15.0 Å². The Morgan fingerprint density at radius 1 is 1.58 bits per heavy atom. The highest BCUT2D eigenvalue weighted by atomic mass is 35.5. The first-order valence-corrected chi connectivity index (χ1v) is 3.03. The lowest BCUT2D eigenvalue weighted by Crippen LogP contribution is -2.04. The molecule has 2 N–H and O–H groups in total. The topological polar surface area (TPSA) is 83.8 Å². The van der Waals surface area contributed by atoms with Crippen molar-refractivity contribution in [3.05, 3.63) is 0 Å². The van der Waals surface area contributed by atoms with E-state index in [1.807, 2.05) is 6.11 Å². The van der Waals surface area contributed by atoms with E-state index in [2.05, 4.69) is 22.3 Å². The Morgan fingerprint density at radius 2 is 2.00 bits per heavy atom. The molecule has 0 aliphatic heterocycles. The number of carboxylic acid groups (broad SMARTS) is 1. The predicted octanol–water partition coefficient (Wildman–Crippen LogP) is 0.406. The Bertz CT molecular complexity index is 198. The van der Waals surface area contributed by atoms with E-state index in [1.54, 1.807) is 0 Å². The zero-order valence-corrected chi connectivity index (χ0v) is 6.96. The quantitative estimate of drug-likeness (QED) is 0.359. The van der Waals surface area contributed by atoms with Crippen molar-refractivity contribution < 1.29 is 24.5 Å². The van der Waals surface area contributed by atoms with Crippen molar-refractivity contribution >= 4 is 23.0 Å². The van der Waals surface area contributed by atoms with Gasteiger partial charge in [0.1, 0.15) is 12.7 Å². The first-order valence-electron chi connectivity index (χ1n) is 2.65. The van der Waals surface area contributed by atoms with Crippen LogP contribution in [0.1, 0.15) is 6.92 Å². The number of carbonyl (C=O) groups is 2. The SMILES string of the molecule is CC#COC(=O)CO.O=C(O)Cl. The van der Waals surface area contributed by atoms with Crippen LogP contribution in [0.25, 0.3) is 0 Å². The van der Waals surface area contributed by atoms with E-state index < -0.39 is 18.0 Å². The number of aliphatic hydroxyl groups is 1. The largest absolute Gasteiger partial charge is 0.469 e. The van der Waals surface area contributed by atoms with Crippen molar-refractivity contribution in [3.8, 4) is 12.0 Å². The zero-order chi connectivity index (χ0) is 9.98. The van der Waals surface area contributed by atoms with Gasteiger partial charge in [-0.3, -0.25) is 0 Å². The molecule has 0 aliphatic carbocycles. The van der Waals surface area contributed by atoms with E-state index in [0.29, 0.717) is 0 Å². The number of halogens is 1. The molecule has 68 valence electrons. The van der Waals surface area contributed by atoms with Gasteiger partial charge in [0.05, 0.1) is 0 Å². The van der Waals surface area contributed by atoms with Gasteiger partial charge in [0.25, 0.3) is 0 Å². The van der Waals surface area contributed by atoms with Crippen molar-refractivity contribution in [2.75, 3.05) is 6.61 Å². The van der Waals surface area contributed by atoms with Crippen LogP contribution in [-0.4, -0.2) is 28.2 Å². The molecule has 5 nitrogen and oxygen atoms in total. The predicted molar refractivity (Wildman–Crippen MR) is 40.5 cm³/mol. The summed E-state index contributed by atoms with van der Waals surface area (Å²) in [6.45, 7) is 0.916. The summed E-state index contributed by atoms with van der Waals surface area (Å²) in [5.74, 6) is 1.61. The average Bonchev–Trinajstić information content (AvgIpc) is 1.99. The van der Waals surface area contributed by atoms with E-state index in [0.717, 1.165) is 0 Å². The molecule has 0 bridgehead atoms. The van der Waals surface area contributed by atoms with Gasteiger partial charge in [-0.2, -0.15) is 0 Å². The van der Waals surface area contributed by atoms with Gasteiger partial charge in [-0.25, -0.2) is 9.59 Å². The smallest absolute Gasteiger partial charge is 0.401 e. The van der Waals surface area contributed by atoms with E-state index >= 15 is 0 Å². The van der Waals surface area contributed by atoms with Crippen LogP contribution in [0.4, 0.5) is 4.79 Å². The molecule has 0 unspecified atom stereocenters. The summed E-state index contributed by atoms with van der Waals surface area (Å²) in [4.78, 5) is 18.8. The molecule has 0 saturated carbocycles. The molecule has 0 aromatic heterocycles. The number of hydrogen-bond donors (Lipinski definition) is 2. The molecule has 6 heteroatoms. The van der Waals surface area contributed by atoms with Crippen LogP contribution >= 0.6 is 11.6 Å². The van der Waals surface area contributed by atoms with Gasteiger partial charge >= 0.3 is 11.4 Å². The molecule has 0 aliphatic rings. The number of carbonyl (C=O) groups excluding carboxylic acids is 1. The first-order chi connectivity index (χ1) is 5.54. The van der Waals surface area contributed by atoms with Gasteiger partial charge in [-0.1, -0.05) is 5.92 Å². The highest BCUT2D eigenvalue weighted by molar-refractivity contribution is 6.60. The Balaban J connectivity index is 0. The van der Waals surface area contributed by atoms with Crippen LogP contribution in [-0.2, 0) is 9.53 Å². The number of ether oxygens (including phenoxy) is 1. The Hall–Kier alpha value is -1.25. The van der Waals surface area contributed by atoms with Gasteiger partial charge in [-0.05, 0) is 0 Å². The minimum atomic E-state index is -1.36. The Morgan fingerprint density at radius 3 is 2.25 bits per heavy atom. The molecule has 0 rings (SSSR count). The Kier molecular flexibility index (Phi) is 10.8. The fourth-order valence-electron chi connectivity index (χ4n) is 0.140. The summed E-state index contributed by atoms with van der Waals surface area (Å²) in [7, 11) is 0. The highest BCUT2D eigenvalue weighted by Gasteiger charge is 1.92. The third-order valence-electron chi connectivity index (χ3n) is 0.396. The molecule has 0 fully saturated rings. The van der Waals surface area contributed by atoms with Crippen molar-refractivity contribution in [2.45, 2.75) is 6.92 Å². The van der Waals surface area contributed by atoms with Gasteiger partial charge in [0.2, 0.25) is 0 Å². The molecule has 0 aromatic rings. The summed E-state index contributed by atoms with van der Waals surface area (Å²) in [6.07, 6.45) is 2.04. The second kappa shape index (κ2) is 9.75. The lowest BCUT2D eigenvalue weighted by Gasteiger charge is -1.85. The van der Waals surface area contributed by atoms with Crippen LogP contribution in [0, 0.1) is 12.0 Å². The first kappa shape index (κ1) is 13.3.